The van der Waals surface area contributed by atoms with E-state index < -0.39 is 0 Å². The van der Waals surface area contributed by atoms with Crippen molar-refractivity contribution in [3.05, 3.63) is 53.3 Å². The molecule has 10 heteroatoms. The van der Waals surface area contributed by atoms with Gasteiger partial charge in [-0.3, -0.25) is 9.69 Å². The highest BCUT2D eigenvalue weighted by atomic mass is 16.5. The van der Waals surface area contributed by atoms with Crippen molar-refractivity contribution in [1.82, 2.24) is 35.4 Å². The molecule has 3 aromatic rings. The van der Waals surface area contributed by atoms with Gasteiger partial charge >= 0.3 is 0 Å². The van der Waals surface area contributed by atoms with Gasteiger partial charge in [0.2, 0.25) is 11.8 Å². The van der Waals surface area contributed by atoms with Crippen molar-refractivity contribution in [3.63, 3.8) is 0 Å². The lowest BCUT2D eigenvalue weighted by Crippen LogP contribution is -2.64. The van der Waals surface area contributed by atoms with Crippen LogP contribution in [0.2, 0.25) is 0 Å². The van der Waals surface area contributed by atoms with E-state index in [4.69, 9.17) is 4.74 Å². The van der Waals surface area contributed by atoms with Crippen molar-refractivity contribution in [2.45, 2.75) is 26.5 Å². The molecular formula is C22H26N8O2. The van der Waals surface area contributed by atoms with E-state index in [1.165, 1.54) is 5.56 Å². The largest absolute Gasteiger partial charge is 0.470 e. The fourth-order valence-electron chi connectivity index (χ4n) is 4.12. The van der Waals surface area contributed by atoms with Crippen LogP contribution in [0.3, 0.4) is 0 Å². The number of ether oxygens (including phenoxy) is 1. The highest BCUT2D eigenvalue weighted by Gasteiger charge is 2.35. The van der Waals surface area contributed by atoms with Crippen LogP contribution in [0, 0.1) is 13.8 Å². The predicted octanol–water partition coefficient (Wildman–Crippen LogP) is 0.874. The van der Waals surface area contributed by atoms with Crippen molar-refractivity contribution >= 4 is 11.7 Å². The van der Waals surface area contributed by atoms with E-state index >= 15 is 0 Å². The maximum atomic E-state index is 12.2. The fraction of sp³-hybridized carbons (Fsp3) is 0.409. The Hall–Kier alpha value is -3.53. The van der Waals surface area contributed by atoms with Gasteiger partial charge in [0.1, 0.15) is 18.3 Å². The first-order valence-corrected chi connectivity index (χ1v) is 10.8. The first-order valence-electron chi connectivity index (χ1n) is 10.8. The van der Waals surface area contributed by atoms with Gasteiger partial charge < -0.3 is 15.0 Å². The van der Waals surface area contributed by atoms with Crippen molar-refractivity contribution in [2.24, 2.45) is 0 Å². The minimum Gasteiger partial charge on any atom is -0.470 e. The average Bonchev–Trinajstić information content (AvgIpc) is 3.19. The van der Waals surface area contributed by atoms with Gasteiger partial charge in [-0.1, -0.05) is 22.9 Å². The maximum absolute atomic E-state index is 12.2. The Morgan fingerprint density at radius 2 is 1.88 bits per heavy atom. The number of fused-ring (bicyclic) bond motifs is 1. The summed E-state index contributed by atoms with van der Waals surface area (Å²) >= 11 is 0. The summed E-state index contributed by atoms with van der Waals surface area (Å²) in [4.78, 5) is 16.5. The number of nitrogens with zero attached hydrogens (tertiary/aromatic N) is 7. The molecule has 0 saturated carbocycles. The highest BCUT2D eigenvalue weighted by molar-refractivity contribution is 5.83. The van der Waals surface area contributed by atoms with E-state index in [1.807, 2.05) is 50.2 Å². The van der Waals surface area contributed by atoms with Gasteiger partial charge in [0.15, 0.2) is 5.82 Å². The number of hydrogen-bond donors (Lipinski definition) is 1. The van der Waals surface area contributed by atoms with Gasteiger partial charge in [-0.2, -0.15) is 0 Å². The van der Waals surface area contributed by atoms with Crippen LogP contribution < -0.4 is 15.0 Å². The molecule has 2 fully saturated rings. The Bertz CT molecular complexity index is 1100. The zero-order valence-electron chi connectivity index (χ0n) is 18.2. The maximum Gasteiger partial charge on any atom is 0.239 e. The van der Waals surface area contributed by atoms with Crippen LogP contribution in [-0.2, 0) is 11.4 Å². The molecule has 5 rings (SSSR count). The Morgan fingerprint density at radius 3 is 2.66 bits per heavy atom. The van der Waals surface area contributed by atoms with Gasteiger partial charge in [0.05, 0.1) is 11.4 Å². The molecule has 166 valence electrons. The summed E-state index contributed by atoms with van der Waals surface area (Å²) in [6.45, 7) is 8.13. The number of aryl methyl sites for hydroxylation is 2. The summed E-state index contributed by atoms with van der Waals surface area (Å²) < 4.78 is 7.68. The Labute approximate surface area is 186 Å². The number of carbonyl (C=O) groups excluding carboxylic acids is 1. The lowest BCUT2D eigenvalue weighted by atomic mass is 10.1. The number of aromatic nitrogens is 5. The molecule has 2 aromatic heterocycles. The molecule has 0 aliphatic carbocycles. The van der Waals surface area contributed by atoms with Crippen LogP contribution in [0.4, 0.5) is 5.82 Å². The van der Waals surface area contributed by atoms with Crippen molar-refractivity contribution in [2.75, 3.05) is 37.6 Å². The Morgan fingerprint density at radius 1 is 1.03 bits per heavy atom. The fourth-order valence-corrected chi connectivity index (χ4v) is 4.12. The van der Waals surface area contributed by atoms with Gasteiger partial charge in [-0.15, -0.1) is 15.3 Å². The molecule has 1 atom stereocenters. The SMILES string of the molecule is Cc1ccc(-n2nnc(C)c2COc2ccc(N3CCN4CCNC(=O)[C@@H]4C3)nn2)cc1. The average molecular weight is 435 g/mol. The molecule has 0 bridgehead atoms. The molecule has 4 heterocycles. The summed E-state index contributed by atoms with van der Waals surface area (Å²) in [6.07, 6.45) is 0. The topological polar surface area (TPSA) is 101 Å². The van der Waals surface area contributed by atoms with Gasteiger partial charge in [-0.05, 0) is 32.0 Å². The van der Waals surface area contributed by atoms with E-state index in [2.05, 4.69) is 35.6 Å². The van der Waals surface area contributed by atoms with Crippen LogP contribution in [-0.4, -0.2) is 74.8 Å². The summed E-state index contributed by atoms with van der Waals surface area (Å²) in [7, 11) is 0. The van der Waals surface area contributed by atoms with Gasteiger partial charge in [-0.25, -0.2) is 4.68 Å². The summed E-state index contributed by atoms with van der Waals surface area (Å²) in [5.74, 6) is 1.26. The third-order valence-corrected chi connectivity index (χ3v) is 6.03. The molecule has 32 heavy (non-hydrogen) atoms. The molecule has 0 unspecified atom stereocenters. The normalized spacial score (nSPS) is 18.9. The number of carbonyl (C=O) groups is 1. The second kappa shape index (κ2) is 8.54. The third kappa shape index (κ3) is 4.01. The van der Waals surface area contributed by atoms with Gasteiger partial charge in [0, 0.05) is 38.8 Å². The molecule has 0 radical (unpaired) electrons. The lowest BCUT2D eigenvalue weighted by molar-refractivity contribution is -0.129. The smallest absolute Gasteiger partial charge is 0.239 e. The van der Waals surface area contributed by atoms with Crippen molar-refractivity contribution < 1.29 is 9.53 Å². The second-order valence-corrected chi connectivity index (χ2v) is 8.18. The molecule has 2 aliphatic rings. The number of anilines is 1. The minimum absolute atomic E-state index is 0.0861. The second-order valence-electron chi connectivity index (χ2n) is 8.18. The minimum atomic E-state index is -0.132. The van der Waals surface area contributed by atoms with Crippen LogP contribution in [0.1, 0.15) is 17.0 Å². The molecule has 2 aliphatic heterocycles. The molecule has 1 amide bonds. The quantitative estimate of drug-likeness (QED) is 0.631. The summed E-state index contributed by atoms with van der Waals surface area (Å²) in [6, 6.07) is 11.7. The van der Waals surface area contributed by atoms with Crippen LogP contribution in [0.15, 0.2) is 36.4 Å². The number of benzene rings is 1. The molecule has 1 N–H and O–H groups in total. The lowest BCUT2D eigenvalue weighted by Gasteiger charge is -2.43. The molecule has 0 spiro atoms. The van der Waals surface area contributed by atoms with Gasteiger partial charge in [0.25, 0.3) is 0 Å². The van der Waals surface area contributed by atoms with E-state index in [0.29, 0.717) is 12.4 Å². The zero-order chi connectivity index (χ0) is 22.1. The highest BCUT2D eigenvalue weighted by Crippen LogP contribution is 2.20. The standard InChI is InChI=1S/C22H26N8O2/c1-15-3-5-17(6-4-15)30-19(16(2)24-27-30)14-32-21-8-7-20(25-26-21)29-12-11-28-10-9-23-22(31)18(28)13-29/h3-8,18H,9-14H2,1-2H3,(H,23,31)/t18-/m0/s1. The van der Waals surface area contributed by atoms with Crippen LogP contribution in [0.25, 0.3) is 5.69 Å². The number of hydrogen-bond acceptors (Lipinski definition) is 8. The Kier molecular flexibility index (Phi) is 5.44. The van der Waals surface area contributed by atoms with Crippen molar-refractivity contribution in [1.29, 1.82) is 0 Å². The number of rotatable bonds is 5. The van der Waals surface area contributed by atoms with E-state index in [1.54, 1.807) is 4.68 Å². The number of amides is 1. The van der Waals surface area contributed by atoms with E-state index in [0.717, 1.165) is 49.1 Å². The third-order valence-electron chi connectivity index (χ3n) is 6.03. The molecule has 10 nitrogen and oxygen atoms in total. The number of nitrogens with one attached hydrogen (secondary N) is 1. The Balaban J connectivity index is 1.25. The predicted molar refractivity (Wildman–Crippen MR) is 118 cm³/mol. The monoisotopic (exact) mass is 434 g/mol. The van der Waals surface area contributed by atoms with Crippen LogP contribution in [0.5, 0.6) is 5.88 Å². The van der Waals surface area contributed by atoms with Crippen LogP contribution >= 0.6 is 0 Å². The van der Waals surface area contributed by atoms with E-state index in [-0.39, 0.29) is 18.6 Å². The van der Waals surface area contributed by atoms with E-state index in [9.17, 15) is 4.79 Å². The first-order chi connectivity index (χ1) is 15.6. The zero-order valence-corrected chi connectivity index (χ0v) is 18.2. The molecule has 2 saturated heterocycles. The van der Waals surface area contributed by atoms with Crippen molar-refractivity contribution in [3.8, 4) is 11.6 Å². The first kappa shape index (κ1) is 20.4. The summed E-state index contributed by atoms with van der Waals surface area (Å²) in [5.41, 5.74) is 3.78. The summed E-state index contributed by atoms with van der Waals surface area (Å²) in [5, 5.41) is 20.0. The number of piperazine rings is 2. The molecular weight excluding hydrogens is 408 g/mol. The molecule has 1 aromatic carbocycles.